The fraction of sp³-hybridized carbons (Fsp3) is 0.333. The van der Waals surface area contributed by atoms with E-state index in [1.165, 1.54) is 5.56 Å². The topological polar surface area (TPSA) is 68.5 Å². The van der Waals surface area contributed by atoms with Crippen LogP contribution in [0.4, 0.5) is 0 Å². The van der Waals surface area contributed by atoms with Gasteiger partial charge in [0.15, 0.2) is 11.3 Å². The summed E-state index contributed by atoms with van der Waals surface area (Å²) in [6, 6.07) is 14.9. The maximum Gasteiger partial charge on any atom is 0.349 e. The molecule has 1 heterocycles. The molecule has 3 rings (SSSR count). The second-order valence-corrected chi connectivity index (χ2v) is 7.23. The molecule has 0 aliphatic heterocycles. The lowest BCUT2D eigenvalue weighted by atomic mass is 9.96. The van der Waals surface area contributed by atoms with Gasteiger partial charge in [0.2, 0.25) is 0 Å². The number of carbonyl (C=O) groups is 1. The largest absolute Gasteiger partial charge is 0.490 e. The van der Waals surface area contributed by atoms with Gasteiger partial charge >= 0.3 is 5.63 Å². The van der Waals surface area contributed by atoms with Crippen LogP contribution in [-0.4, -0.2) is 12.5 Å². The van der Waals surface area contributed by atoms with Crippen LogP contribution < -0.4 is 15.7 Å². The van der Waals surface area contributed by atoms with E-state index < -0.39 is 11.5 Å². The normalized spacial score (nSPS) is 13.1. The Labute approximate surface area is 170 Å². The first-order valence-corrected chi connectivity index (χ1v) is 10.0. The Hall–Kier alpha value is -3.08. The number of hydrogen-bond donors (Lipinski definition) is 1. The van der Waals surface area contributed by atoms with E-state index in [1.54, 1.807) is 24.3 Å². The lowest BCUT2D eigenvalue weighted by Gasteiger charge is -2.16. The van der Waals surface area contributed by atoms with Crippen molar-refractivity contribution in [2.24, 2.45) is 0 Å². The first-order chi connectivity index (χ1) is 13.9. The van der Waals surface area contributed by atoms with Gasteiger partial charge in [0.05, 0.1) is 12.6 Å². The highest BCUT2D eigenvalue weighted by molar-refractivity contribution is 5.97. The first-order valence-electron chi connectivity index (χ1n) is 10.0. The molecule has 0 radical (unpaired) electrons. The van der Waals surface area contributed by atoms with Crippen LogP contribution in [0.25, 0.3) is 11.0 Å². The Balaban J connectivity index is 1.82. The summed E-state index contributed by atoms with van der Waals surface area (Å²) in [6.45, 7) is 8.56. The van der Waals surface area contributed by atoms with Crippen molar-refractivity contribution in [2.75, 3.05) is 6.61 Å². The molecule has 1 N–H and O–H groups in total. The third-order valence-corrected chi connectivity index (χ3v) is 5.23. The summed E-state index contributed by atoms with van der Waals surface area (Å²) in [5.74, 6) is 0.530. The molecule has 152 valence electrons. The van der Waals surface area contributed by atoms with Gasteiger partial charge in [-0.2, -0.15) is 0 Å². The predicted molar refractivity (Wildman–Crippen MR) is 115 cm³/mol. The van der Waals surface area contributed by atoms with Crippen LogP contribution in [0.3, 0.4) is 0 Å². The van der Waals surface area contributed by atoms with Crippen LogP contribution in [0.15, 0.2) is 57.7 Å². The molecule has 29 heavy (non-hydrogen) atoms. The maximum atomic E-state index is 12.7. The maximum absolute atomic E-state index is 12.7. The van der Waals surface area contributed by atoms with Gasteiger partial charge in [-0.25, -0.2) is 4.79 Å². The second kappa shape index (κ2) is 8.95. The molecule has 1 amide bonds. The van der Waals surface area contributed by atoms with E-state index in [2.05, 4.69) is 31.3 Å². The fourth-order valence-corrected chi connectivity index (χ4v) is 3.25. The van der Waals surface area contributed by atoms with Gasteiger partial charge in [0, 0.05) is 5.39 Å². The smallest absolute Gasteiger partial charge is 0.349 e. The molecule has 5 nitrogen and oxygen atoms in total. The number of amides is 1. The van der Waals surface area contributed by atoms with Gasteiger partial charge in [-0.1, -0.05) is 50.2 Å². The van der Waals surface area contributed by atoms with Crippen LogP contribution >= 0.6 is 0 Å². The Kier molecular flexibility index (Phi) is 6.37. The minimum atomic E-state index is -0.679. The number of nitrogens with one attached hydrogen (secondary N) is 1. The third-order valence-electron chi connectivity index (χ3n) is 5.23. The van der Waals surface area contributed by atoms with E-state index in [-0.39, 0.29) is 11.6 Å². The number of fused-ring (bicyclic) bond motifs is 1. The predicted octanol–water partition coefficient (Wildman–Crippen LogP) is 5.20. The quantitative estimate of drug-likeness (QED) is 0.561. The molecule has 2 atom stereocenters. The number of para-hydroxylation sites is 1. The Morgan fingerprint density at radius 3 is 2.41 bits per heavy atom. The second-order valence-electron chi connectivity index (χ2n) is 7.23. The highest BCUT2D eigenvalue weighted by atomic mass is 16.5. The van der Waals surface area contributed by atoms with Crippen molar-refractivity contribution >= 4 is 16.9 Å². The van der Waals surface area contributed by atoms with Gasteiger partial charge in [0.25, 0.3) is 5.91 Å². The summed E-state index contributed by atoms with van der Waals surface area (Å²) < 4.78 is 10.9. The zero-order valence-electron chi connectivity index (χ0n) is 17.3. The molecule has 0 spiro atoms. The van der Waals surface area contributed by atoms with E-state index in [9.17, 15) is 9.59 Å². The molecule has 0 aliphatic carbocycles. The summed E-state index contributed by atoms with van der Waals surface area (Å²) in [5, 5.41) is 3.53. The van der Waals surface area contributed by atoms with Crippen LogP contribution in [0, 0.1) is 0 Å². The van der Waals surface area contributed by atoms with Crippen molar-refractivity contribution in [3.8, 4) is 5.75 Å². The van der Waals surface area contributed by atoms with Crippen LogP contribution in [-0.2, 0) is 0 Å². The van der Waals surface area contributed by atoms with Crippen molar-refractivity contribution in [3.05, 3.63) is 75.6 Å². The van der Waals surface area contributed by atoms with Gasteiger partial charge in [0.1, 0.15) is 5.56 Å². The fourth-order valence-electron chi connectivity index (χ4n) is 3.25. The van der Waals surface area contributed by atoms with Crippen LogP contribution in [0.1, 0.15) is 67.6 Å². The molecule has 2 aromatic carbocycles. The van der Waals surface area contributed by atoms with Crippen LogP contribution in [0.5, 0.6) is 5.75 Å². The Bertz CT molecular complexity index is 1050. The van der Waals surface area contributed by atoms with Crippen molar-refractivity contribution in [1.82, 2.24) is 5.32 Å². The molecular formula is C24H27NO4. The Morgan fingerprint density at radius 1 is 1.07 bits per heavy atom. The molecule has 1 aromatic heterocycles. The van der Waals surface area contributed by atoms with Crippen molar-refractivity contribution in [3.63, 3.8) is 0 Å². The average molecular weight is 393 g/mol. The third kappa shape index (κ3) is 4.50. The highest BCUT2D eigenvalue weighted by Crippen LogP contribution is 2.25. The van der Waals surface area contributed by atoms with Crippen LogP contribution in [0.2, 0.25) is 0 Å². The van der Waals surface area contributed by atoms with E-state index >= 15 is 0 Å². The van der Waals surface area contributed by atoms with Gasteiger partial charge in [-0.05, 0) is 49.4 Å². The number of rotatable bonds is 7. The zero-order chi connectivity index (χ0) is 21.0. The number of ether oxygens (including phenoxy) is 1. The van der Waals surface area contributed by atoms with Crippen molar-refractivity contribution < 1.29 is 13.9 Å². The molecule has 0 saturated carbocycles. The summed E-state index contributed by atoms with van der Waals surface area (Å²) in [5.41, 5.74) is 1.91. The molecule has 5 heteroatoms. The molecule has 0 bridgehead atoms. The summed E-state index contributed by atoms with van der Waals surface area (Å²) in [4.78, 5) is 25.1. The molecule has 0 fully saturated rings. The lowest BCUT2D eigenvalue weighted by molar-refractivity contribution is 0.0936. The molecule has 0 saturated heterocycles. The van der Waals surface area contributed by atoms with Gasteiger partial charge in [-0.15, -0.1) is 0 Å². The first kappa shape index (κ1) is 20.6. The van der Waals surface area contributed by atoms with Crippen molar-refractivity contribution in [2.45, 2.75) is 46.1 Å². The molecular weight excluding hydrogens is 366 g/mol. The molecule has 0 aliphatic rings. The van der Waals surface area contributed by atoms with Crippen molar-refractivity contribution in [1.29, 1.82) is 0 Å². The average Bonchev–Trinajstić information content (AvgIpc) is 2.73. The molecule has 3 aromatic rings. The number of carbonyl (C=O) groups excluding carboxylic acids is 1. The van der Waals surface area contributed by atoms with E-state index in [0.717, 1.165) is 12.0 Å². The Morgan fingerprint density at radius 2 is 1.76 bits per heavy atom. The minimum Gasteiger partial charge on any atom is -0.490 e. The highest BCUT2D eigenvalue weighted by Gasteiger charge is 2.18. The van der Waals surface area contributed by atoms with E-state index in [1.807, 2.05) is 26.0 Å². The zero-order valence-corrected chi connectivity index (χ0v) is 17.3. The van der Waals surface area contributed by atoms with E-state index in [0.29, 0.717) is 29.2 Å². The number of hydrogen-bond acceptors (Lipinski definition) is 4. The summed E-state index contributed by atoms with van der Waals surface area (Å²) >= 11 is 0. The minimum absolute atomic E-state index is 0.0192. The van der Waals surface area contributed by atoms with Gasteiger partial charge in [-0.3, -0.25) is 4.79 Å². The SMILES string of the molecule is CCOc1cccc2cc(C(=O)N[C@H](C)c3ccc([C@H](C)CC)cc3)c(=O)oc12. The number of benzene rings is 2. The molecule has 0 unspecified atom stereocenters. The van der Waals surface area contributed by atoms with Gasteiger partial charge < -0.3 is 14.5 Å². The summed E-state index contributed by atoms with van der Waals surface area (Å²) in [7, 11) is 0. The summed E-state index contributed by atoms with van der Waals surface area (Å²) in [6.07, 6.45) is 1.08. The monoisotopic (exact) mass is 393 g/mol. The van der Waals surface area contributed by atoms with E-state index in [4.69, 9.17) is 9.15 Å². The lowest BCUT2D eigenvalue weighted by Crippen LogP contribution is -2.30. The standard InChI is InChI=1S/C24H27NO4/c1-5-15(3)17-10-12-18(13-11-17)16(4)25-23(26)20-14-19-8-7-9-21(28-6-2)22(19)29-24(20)27/h7-16H,5-6H2,1-4H3,(H,25,26)/t15-,16-/m1/s1.